The third kappa shape index (κ3) is 7.31. The average Bonchev–Trinajstić information content (AvgIpc) is 3.78. The maximum atomic E-state index is 2.41. The first-order valence-corrected chi connectivity index (χ1v) is 24.1. The second-order valence-electron chi connectivity index (χ2n) is 18.1. The molecule has 70 heavy (non-hydrogen) atoms. The molecule has 0 fully saturated rings. The number of hydrogen-bond acceptors (Lipinski definition) is 1. The number of anilines is 3. The molecule has 2 nitrogen and oxygen atoms in total. The molecule has 0 aliphatic heterocycles. The van der Waals surface area contributed by atoms with Gasteiger partial charge in [0.05, 0.1) is 16.7 Å². The molecule has 0 unspecified atom stereocenters. The lowest BCUT2D eigenvalue weighted by Crippen LogP contribution is -2.09. The van der Waals surface area contributed by atoms with Gasteiger partial charge in [-0.25, -0.2) is 0 Å². The van der Waals surface area contributed by atoms with Crippen molar-refractivity contribution in [2.75, 3.05) is 4.90 Å². The van der Waals surface area contributed by atoms with Gasteiger partial charge in [0, 0.05) is 33.4 Å². The topological polar surface area (TPSA) is 8.17 Å². The van der Waals surface area contributed by atoms with Gasteiger partial charge in [0.25, 0.3) is 0 Å². The van der Waals surface area contributed by atoms with Crippen molar-refractivity contribution in [3.8, 4) is 61.3 Å². The van der Waals surface area contributed by atoms with E-state index in [2.05, 4.69) is 289 Å². The maximum Gasteiger partial charge on any atom is 0.0541 e. The van der Waals surface area contributed by atoms with Gasteiger partial charge in [-0.1, -0.05) is 218 Å². The minimum atomic E-state index is 1.09. The van der Waals surface area contributed by atoms with Crippen LogP contribution in [0.2, 0.25) is 0 Å². The molecule has 1 aromatic heterocycles. The standard InChI is InChI=1S/C68H46N2/c1-2-16-54-46-55(33-30-47(54)14-1)50-36-42-57(43-37-50)69(58-44-38-52(39-45-58)60-19-5-6-21-62(60)63-24-13-17-51-15-3-4-18-59(51)63)56-40-34-49(35-41-56)48-28-31-53(32-29-48)61-20-7-10-25-66(61)70-67-26-11-8-22-64(67)65-23-9-12-27-68(65)70/h1-46H. The van der Waals surface area contributed by atoms with Gasteiger partial charge in [-0.2, -0.15) is 0 Å². The van der Waals surface area contributed by atoms with Crippen LogP contribution in [0.5, 0.6) is 0 Å². The molecule has 328 valence electrons. The van der Waals surface area contributed by atoms with Crippen molar-refractivity contribution in [3.05, 3.63) is 279 Å². The highest BCUT2D eigenvalue weighted by molar-refractivity contribution is 6.10. The minimum absolute atomic E-state index is 1.09. The molecule has 1 heterocycles. The van der Waals surface area contributed by atoms with Gasteiger partial charge in [-0.05, 0) is 132 Å². The smallest absolute Gasteiger partial charge is 0.0541 e. The Hall–Kier alpha value is -9.24. The molecule has 13 rings (SSSR count). The summed E-state index contributed by atoms with van der Waals surface area (Å²) in [5.74, 6) is 0. The number of para-hydroxylation sites is 3. The van der Waals surface area contributed by atoms with Crippen molar-refractivity contribution >= 4 is 60.4 Å². The Morgan fingerprint density at radius 3 is 1.27 bits per heavy atom. The number of fused-ring (bicyclic) bond motifs is 5. The number of aromatic nitrogens is 1. The molecule has 12 aromatic carbocycles. The average molecular weight is 891 g/mol. The fourth-order valence-corrected chi connectivity index (χ4v) is 10.6. The number of rotatable bonds is 9. The molecule has 0 saturated carbocycles. The zero-order valence-electron chi connectivity index (χ0n) is 38.5. The third-order valence-corrected chi connectivity index (χ3v) is 14.0. The van der Waals surface area contributed by atoms with E-state index >= 15 is 0 Å². The first-order valence-electron chi connectivity index (χ1n) is 24.1. The highest BCUT2D eigenvalue weighted by Crippen LogP contribution is 2.42. The van der Waals surface area contributed by atoms with E-state index in [0.29, 0.717) is 0 Å². The van der Waals surface area contributed by atoms with Crippen molar-refractivity contribution in [2.45, 2.75) is 0 Å². The molecular formula is C68H46N2. The lowest BCUT2D eigenvalue weighted by Gasteiger charge is -2.26. The summed E-state index contributed by atoms with van der Waals surface area (Å²) in [6, 6.07) is 102. The maximum absolute atomic E-state index is 2.41. The molecule has 0 bridgehead atoms. The molecule has 0 aliphatic rings. The summed E-state index contributed by atoms with van der Waals surface area (Å²) in [5.41, 5.74) is 18.8. The van der Waals surface area contributed by atoms with Gasteiger partial charge in [0.2, 0.25) is 0 Å². The van der Waals surface area contributed by atoms with Crippen molar-refractivity contribution < 1.29 is 0 Å². The van der Waals surface area contributed by atoms with E-state index in [1.54, 1.807) is 0 Å². The summed E-state index contributed by atoms with van der Waals surface area (Å²) in [4.78, 5) is 2.36. The Morgan fingerprint density at radius 1 is 0.229 bits per heavy atom. The van der Waals surface area contributed by atoms with E-state index < -0.39 is 0 Å². The molecule has 0 amide bonds. The second-order valence-corrected chi connectivity index (χ2v) is 18.1. The van der Waals surface area contributed by atoms with Crippen LogP contribution in [0.3, 0.4) is 0 Å². The van der Waals surface area contributed by atoms with Crippen LogP contribution >= 0.6 is 0 Å². The van der Waals surface area contributed by atoms with E-state index in [9.17, 15) is 0 Å². The van der Waals surface area contributed by atoms with Crippen LogP contribution in [-0.4, -0.2) is 4.57 Å². The Morgan fingerprint density at radius 2 is 0.629 bits per heavy atom. The Labute approximate surface area is 408 Å². The minimum Gasteiger partial charge on any atom is -0.311 e. The van der Waals surface area contributed by atoms with Crippen LogP contribution in [0.15, 0.2) is 279 Å². The van der Waals surface area contributed by atoms with Gasteiger partial charge in [0.1, 0.15) is 0 Å². The van der Waals surface area contributed by atoms with Gasteiger partial charge >= 0.3 is 0 Å². The predicted octanol–water partition coefficient (Wildman–Crippen LogP) is 18.9. The highest BCUT2D eigenvalue weighted by Gasteiger charge is 2.18. The second kappa shape index (κ2) is 17.4. The Kier molecular flexibility index (Phi) is 10.2. The summed E-state index contributed by atoms with van der Waals surface area (Å²) in [6.45, 7) is 0. The van der Waals surface area contributed by atoms with Gasteiger partial charge in [-0.3, -0.25) is 0 Å². The number of nitrogens with zero attached hydrogens (tertiary/aromatic N) is 2. The lowest BCUT2D eigenvalue weighted by molar-refractivity contribution is 1.18. The van der Waals surface area contributed by atoms with Crippen molar-refractivity contribution in [2.24, 2.45) is 0 Å². The van der Waals surface area contributed by atoms with Crippen molar-refractivity contribution in [1.82, 2.24) is 4.57 Å². The van der Waals surface area contributed by atoms with Crippen LogP contribution in [0.25, 0.3) is 105 Å². The van der Waals surface area contributed by atoms with Crippen molar-refractivity contribution in [3.63, 3.8) is 0 Å². The van der Waals surface area contributed by atoms with Gasteiger partial charge < -0.3 is 9.47 Å². The summed E-state index contributed by atoms with van der Waals surface area (Å²) in [6.07, 6.45) is 0. The SMILES string of the molecule is c1ccc(-c2cccc3ccccc23)c(-c2ccc(N(c3ccc(-c4ccc(-c5ccccc5-n5c6ccccc6c6ccccc65)cc4)cc3)c3ccc(-c4ccc5ccccc5c4)cc3)cc2)c1. The van der Waals surface area contributed by atoms with Crippen molar-refractivity contribution in [1.29, 1.82) is 0 Å². The zero-order chi connectivity index (χ0) is 46.4. The van der Waals surface area contributed by atoms with E-state index in [4.69, 9.17) is 0 Å². The summed E-state index contributed by atoms with van der Waals surface area (Å²) in [7, 11) is 0. The molecule has 13 aromatic rings. The molecule has 0 spiro atoms. The molecular weight excluding hydrogens is 845 g/mol. The molecule has 0 atom stereocenters. The molecule has 0 saturated heterocycles. The first-order chi connectivity index (χ1) is 34.7. The Balaban J connectivity index is 0.846. The molecule has 2 heteroatoms. The molecule has 0 N–H and O–H groups in total. The lowest BCUT2D eigenvalue weighted by atomic mass is 9.91. The summed E-state index contributed by atoms with van der Waals surface area (Å²) >= 11 is 0. The normalized spacial score (nSPS) is 11.4. The van der Waals surface area contributed by atoms with Crippen LogP contribution in [0, 0.1) is 0 Å². The molecule has 0 radical (unpaired) electrons. The zero-order valence-corrected chi connectivity index (χ0v) is 38.5. The quantitative estimate of drug-likeness (QED) is 0.140. The van der Waals surface area contributed by atoms with E-state index in [-0.39, 0.29) is 0 Å². The van der Waals surface area contributed by atoms with Crippen LogP contribution in [0.1, 0.15) is 0 Å². The number of benzene rings is 12. The predicted molar refractivity (Wildman–Crippen MR) is 298 cm³/mol. The van der Waals surface area contributed by atoms with Gasteiger partial charge in [0.15, 0.2) is 0 Å². The monoisotopic (exact) mass is 890 g/mol. The van der Waals surface area contributed by atoms with Gasteiger partial charge in [-0.15, -0.1) is 0 Å². The summed E-state index contributed by atoms with van der Waals surface area (Å²) < 4.78 is 2.41. The van der Waals surface area contributed by atoms with Crippen LogP contribution in [-0.2, 0) is 0 Å². The largest absolute Gasteiger partial charge is 0.311 e. The van der Waals surface area contributed by atoms with E-state index in [0.717, 1.165) is 22.6 Å². The van der Waals surface area contributed by atoms with E-state index in [1.807, 2.05) is 0 Å². The highest BCUT2D eigenvalue weighted by atomic mass is 15.1. The number of hydrogen-bond donors (Lipinski definition) is 0. The fourth-order valence-electron chi connectivity index (χ4n) is 10.6. The van der Waals surface area contributed by atoms with E-state index in [1.165, 1.54) is 99.1 Å². The first kappa shape index (κ1) is 41.0. The van der Waals surface area contributed by atoms with Crippen LogP contribution in [0.4, 0.5) is 17.1 Å². The Bertz CT molecular complexity index is 3970. The van der Waals surface area contributed by atoms with Crippen LogP contribution < -0.4 is 4.90 Å². The fraction of sp³-hybridized carbons (Fsp3) is 0. The third-order valence-electron chi connectivity index (χ3n) is 14.0. The molecule has 0 aliphatic carbocycles. The summed E-state index contributed by atoms with van der Waals surface area (Å²) in [5, 5.41) is 7.52.